The number of aromatic nitrogens is 2. The van der Waals surface area contributed by atoms with Gasteiger partial charge in [-0.25, -0.2) is 9.97 Å². The summed E-state index contributed by atoms with van der Waals surface area (Å²) >= 11 is 3.26. The first-order valence-corrected chi connectivity index (χ1v) is 9.65. The summed E-state index contributed by atoms with van der Waals surface area (Å²) in [7, 11) is 3.07. The van der Waals surface area contributed by atoms with Gasteiger partial charge in [-0.1, -0.05) is 12.1 Å². The van der Waals surface area contributed by atoms with Crippen LogP contribution in [-0.4, -0.2) is 35.9 Å². The van der Waals surface area contributed by atoms with Crippen LogP contribution in [0.1, 0.15) is 12.8 Å². The van der Waals surface area contributed by atoms with Gasteiger partial charge in [-0.15, -0.1) is 23.1 Å². The smallest absolute Gasteiger partial charge is 0.305 e. The maximum Gasteiger partial charge on any atom is 0.305 e. The van der Waals surface area contributed by atoms with Crippen LogP contribution in [0.15, 0.2) is 41.0 Å². The lowest BCUT2D eigenvalue weighted by molar-refractivity contribution is -0.140. The van der Waals surface area contributed by atoms with Crippen LogP contribution in [0.4, 0.5) is 0 Å². The molecule has 7 heteroatoms. The number of nitrogens with zero attached hydrogens (tertiary/aromatic N) is 2. The molecule has 0 spiro atoms. The summed E-state index contributed by atoms with van der Waals surface area (Å²) < 4.78 is 9.90. The quantitative estimate of drug-likeness (QED) is 0.264. The summed E-state index contributed by atoms with van der Waals surface area (Å²) in [6.07, 6.45) is 2.77. The maximum absolute atomic E-state index is 11.2. The molecule has 0 aliphatic carbocycles. The van der Waals surface area contributed by atoms with E-state index >= 15 is 0 Å². The third kappa shape index (κ3) is 4.11. The first-order chi connectivity index (χ1) is 12.2. The zero-order chi connectivity index (χ0) is 17.6. The van der Waals surface area contributed by atoms with E-state index in [2.05, 4.69) is 20.1 Å². The highest BCUT2D eigenvalue weighted by Gasteiger charge is 2.13. The van der Waals surface area contributed by atoms with Crippen molar-refractivity contribution in [2.75, 3.05) is 20.0 Å². The van der Waals surface area contributed by atoms with Crippen LogP contribution in [0.5, 0.6) is 5.75 Å². The molecule has 0 fully saturated rings. The number of carbonyl (C=O) groups excluding carboxylic acids is 1. The molecule has 0 bridgehead atoms. The number of fused-ring (bicyclic) bond motifs is 1. The van der Waals surface area contributed by atoms with Crippen molar-refractivity contribution in [3.05, 3.63) is 36.0 Å². The summed E-state index contributed by atoms with van der Waals surface area (Å²) in [6, 6.07) is 7.98. The van der Waals surface area contributed by atoms with Gasteiger partial charge in [0.25, 0.3) is 0 Å². The topological polar surface area (TPSA) is 61.3 Å². The zero-order valence-electron chi connectivity index (χ0n) is 14.0. The Morgan fingerprint density at radius 1 is 1.20 bits per heavy atom. The SMILES string of the molecule is COC(=O)CCCSc1ncnc2scc(-c3ccc(OC)cc3)c12. The highest BCUT2D eigenvalue weighted by molar-refractivity contribution is 7.99. The fourth-order valence-corrected chi connectivity index (χ4v) is 4.36. The van der Waals surface area contributed by atoms with Gasteiger partial charge in [-0.3, -0.25) is 4.79 Å². The lowest BCUT2D eigenvalue weighted by Crippen LogP contribution is -2.00. The van der Waals surface area contributed by atoms with E-state index in [1.54, 1.807) is 36.5 Å². The largest absolute Gasteiger partial charge is 0.497 e. The van der Waals surface area contributed by atoms with E-state index < -0.39 is 0 Å². The minimum Gasteiger partial charge on any atom is -0.497 e. The Labute approximate surface area is 154 Å². The highest BCUT2D eigenvalue weighted by Crippen LogP contribution is 2.38. The number of hydrogen-bond acceptors (Lipinski definition) is 7. The maximum atomic E-state index is 11.2. The number of methoxy groups -OCH3 is 2. The van der Waals surface area contributed by atoms with Gasteiger partial charge in [0, 0.05) is 23.1 Å². The van der Waals surface area contributed by atoms with Gasteiger partial charge in [0.15, 0.2) is 0 Å². The Morgan fingerprint density at radius 3 is 2.72 bits per heavy atom. The van der Waals surface area contributed by atoms with Crippen molar-refractivity contribution < 1.29 is 14.3 Å². The summed E-state index contributed by atoms with van der Waals surface area (Å²) in [5.41, 5.74) is 2.23. The highest BCUT2D eigenvalue weighted by atomic mass is 32.2. The van der Waals surface area contributed by atoms with Crippen LogP contribution < -0.4 is 4.74 Å². The fraction of sp³-hybridized carbons (Fsp3) is 0.278. The van der Waals surface area contributed by atoms with Crippen LogP contribution >= 0.6 is 23.1 Å². The first kappa shape index (κ1) is 17.7. The molecule has 0 radical (unpaired) electrons. The van der Waals surface area contributed by atoms with E-state index in [0.717, 1.165) is 44.3 Å². The molecular weight excluding hydrogens is 356 g/mol. The van der Waals surface area contributed by atoms with Crippen molar-refractivity contribution >= 4 is 39.3 Å². The summed E-state index contributed by atoms with van der Waals surface area (Å²) in [5, 5.41) is 4.13. The van der Waals surface area contributed by atoms with Gasteiger partial charge in [0.2, 0.25) is 0 Å². The van der Waals surface area contributed by atoms with E-state index in [1.807, 2.05) is 24.3 Å². The van der Waals surface area contributed by atoms with Crippen LogP contribution in [0, 0.1) is 0 Å². The minimum atomic E-state index is -0.178. The molecule has 0 atom stereocenters. The molecule has 130 valence electrons. The monoisotopic (exact) mass is 374 g/mol. The number of rotatable bonds is 7. The molecule has 2 aromatic heterocycles. The fourth-order valence-electron chi connectivity index (χ4n) is 2.43. The van der Waals surface area contributed by atoms with E-state index in [4.69, 9.17) is 4.74 Å². The standard InChI is InChI=1S/C18H18N2O3S2/c1-22-13-7-5-12(6-8-13)14-10-25-18-16(14)17(19-11-20-18)24-9-3-4-15(21)23-2/h5-8,10-11H,3-4,9H2,1-2H3. The lowest BCUT2D eigenvalue weighted by Gasteiger charge is -2.06. The van der Waals surface area contributed by atoms with Crippen molar-refractivity contribution in [3.8, 4) is 16.9 Å². The summed E-state index contributed by atoms with van der Waals surface area (Å²) in [4.78, 5) is 21.0. The van der Waals surface area contributed by atoms with Gasteiger partial charge >= 0.3 is 5.97 Å². The number of esters is 1. The van der Waals surface area contributed by atoms with E-state index in [0.29, 0.717) is 6.42 Å². The molecule has 25 heavy (non-hydrogen) atoms. The number of thiophene rings is 1. The Bertz CT molecular complexity index is 862. The molecule has 0 N–H and O–H groups in total. The molecule has 0 aliphatic heterocycles. The number of carbonyl (C=O) groups is 1. The molecular formula is C18H18N2O3S2. The van der Waals surface area contributed by atoms with Crippen LogP contribution in [0.25, 0.3) is 21.3 Å². The van der Waals surface area contributed by atoms with Crippen molar-refractivity contribution in [2.24, 2.45) is 0 Å². The van der Waals surface area contributed by atoms with Crippen LogP contribution in [0.2, 0.25) is 0 Å². The van der Waals surface area contributed by atoms with Crippen molar-refractivity contribution in [1.29, 1.82) is 0 Å². The molecule has 1 aromatic carbocycles. The second-order valence-corrected chi connectivity index (χ2v) is 7.21. The first-order valence-electron chi connectivity index (χ1n) is 7.79. The average molecular weight is 374 g/mol. The normalized spacial score (nSPS) is 10.8. The molecule has 3 aromatic rings. The van der Waals surface area contributed by atoms with Crippen LogP contribution in [-0.2, 0) is 9.53 Å². The molecule has 3 rings (SSSR count). The third-order valence-electron chi connectivity index (χ3n) is 3.73. The number of hydrogen-bond donors (Lipinski definition) is 0. The Balaban J connectivity index is 1.84. The average Bonchev–Trinajstić information content (AvgIpc) is 3.10. The second-order valence-electron chi connectivity index (χ2n) is 5.27. The predicted molar refractivity (Wildman–Crippen MR) is 101 cm³/mol. The zero-order valence-corrected chi connectivity index (χ0v) is 15.7. The molecule has 0 amide bonds. The molecule has 5 nitrogen and oxygen atoms in total. The lowest BCUT2D eigenvalue weighted by atomic mass is 10.1. The van der Waals surface area contributed by atoms with Gasteiger partial charge in [-0.05, 0) is 24.1 Å². The molecule has 0 aliphatic rings. The van der Waals surface area contributed by atoms with E-state index in [1.165, 1.54) is 7.11 Å². The third-order valence-corrected chi connectivity index (χ3v) is 5.69. The van der Waals surface area contributed by atoms with Crippen molar-refractivity contribution in [3.63, 3.8) is 0 Å². The molecule has 0 saturated carbocycles. The van der Waals surface area contributed by atoms with Gasteiger partial charge < -0.3 is 9.47 Å². The summed E-state index contributed by atoms with van der Waals surface area (Å²) in [6.45, 7) is 0. The van der Waals surface area contributed by atoms with Crippen molar-refractivity contribution in [1.82, 2.24) is 9.97 Å². The Morgan fingerprint density at radius 2 is 2.00 bits per heavy atom. The molecule has 0 saturated heterocycles. The van der Waals surface area contributed by atoms with Crippen LogP contribution in [0.3, 0.4) is 0 Å². The van der Waals surface area contributed by atoms with Gasteiger partial charge in [0.1, 0.15) is 21.9 Å². The number of benzene rings is 1. The number of thioether (sulfide) groups is 1. The Hall–Kier alpha value is -2.12. The van der Waals surface area contributed by atoms with Crippen molar-refractivity contribution in [2.45, 2.75) is 17.9 Å². The molecule has 2 heterocycles. The summed E-state index contributed by atoms with van der Waals surface area (Å²) in [5.74, 6) is 1.46. The predicted octanol–water partition coefficient (Wildman–Crippen LogP) is 4.41. The van der Waals surface area contributed by atoms with Gasteiger partial charge in [-0.2, -0.15) is 0 Å². The number of ether oxygens (including phenoxy) is 2. The van der Waals surface area contributed by atoms with Gasteiger partial charge in [0.05, 0.1) is 19.6 Å². The second kappa shape index (κ2) is 8.31. The Kier molecular flexibility index (Phi) is 5.88. The minimum absolute atomic E-state index is 0.178. The molecule has 0 unspecified atom stereocenters. The van der Waals surface area contributed by atoms with E-state index in [9.17, 15) is 4.79 Å². The van der Waals surface area contributed by atoms with E-state index in [-0.39, 0.29) is 5.97 Å².